The number of rotatable bonds is 0. The van der Waals surface area contributed by atoms with E-state index in [1.54, 1.807) is 6.20 Å². The van der Waals surface area contributed by atoms with E-state index in [-0.39, 0.29) is 5.56 Å². The number of hydrogen-bond donors (Lipinski definition) is 1. The van der Waals surface area contributed by atoms with E-state index >= 15 is 0 Å². The molecule has 0 aromatic carbocycles. The fraction of sp³-hybridized carbons (Fsp3) is 0.125. The molecule has 0 fully saturated rings. The number of fused-ring (bicyclic) bond motifs is 1. The lowest BCUT2D eigenvalue weighted by Gasteiger charge is -1.93. The SMILES string of the molecule is O=C(O)C(F)(F)F.O=c1ccnc2sccn12. The second-order valence-corrected chi connectivity index (χ2v) is 3.51. The average Bonchev–Trinajstić information content (AvgIpc) is 2.66. The summed E-state index contributed by atoms with van der Waals surface area (Å²) < 4.78 is 33.3. The molecule has 0 aliphatic heterocycles. The van der Waals surface area contributed by atoms with Crippen molar-refractivity contribution < 1.29 is 23.1 Å². The second kappa shape index (κ2) is 4.95. The van der Waals surface area contributed by atoms with Crippen molar-refractivity contribution in [3.8, 4) is 0 Å². The van der Waals surface area contributed by atoms with E-state index in [4.69, 9.17) is 9.90 Å². The largest absolute Gasteiger partial charge is 0.490 e. The number of aromatic nitrogens is 2. The minimum atomic E-state index is -5.08. The van der Waals surface area contributed by atoms with E-state index < -0.39 is 12.1 Å². The van der Waals surface area contributed by atoms with Gasteiger partial charge in [-0.2, -0.15) is 13.2 Å². The molecule has 92 valence electrons. The van der Waals surface area contributed by atoms with Gasteiger partial charge in [0.25, 0.3) is 5.56 Å². The molecule has 0 saturated carbocycles. The first-order chi connectivity index (χ1) is 7.82. The number of carboxylic acids is 1. The smallest absolute Gasteiger partial charge is 0.475 e. The molecule has 0 atom stereocenters. The van der Waals surface area contributed by atoms with Crippen molar-refractivity contribution in [1.82, 2.24) is 9.38 Å². The van der Waals surface area contributed by atoms with Crippen molar-refractivity contribution in [1.29, 1.82) is 0 Å². The van der Waals surface area contributed by atoms with Gasteiger partial charge in [-0.05, 0) is 0 Å². The van der Waals surface area contributed by atoms with Gasteiger partial charge in [0.1, 0.15) is 0 Å². The van der Waals surface area contributed by atoms with Crippen LogP contribution in [0.4, 0.5) is 13.2 Å². The molecule has 5 nitrogen and oxygen atoms in total. The standard InChI is InChI=1S/C6H4N2OS.C2HF3O2/c9-5-1-2-7-6-8(5)3-4-10-6;3-2(4,5)1(6)7/h1-4H;(H,6,7). The number of thiazole rings is 1. The highest BCUT2D eigenvalue weighted by molar-refractivity contribution is 7.15. The third-order valence-electron chi connectivity index (χ3n) is 1.47. The monoisotopic (exact) mass is 266 g/mol. The molecule has 2 rings (SSSR count). The summed E-state index contributed by atoms with van der Waals surface area (Å²) in [5.74, 6) is -2.76. The molecular weight excluding hydrogens is 261 g/mol. The van der Waals surface area contributed by atoms with E-state index in [9.17, 15) is 18.0 Å². The van der Waals surface area contributed by atoms with Crippen LogP contribution in [0.2, 0.25) is 0 Å². The highest BCUT2D eigenvalue weighted by Gasteiger charge is 2.38. The van der Waals surface area contributed by atoms with Crippen molar-refractivity contribution >= 4 is 22.3 Å². The van der Waals surface area contributed by atoms with Gasteiger partial charge < -0.3 is 5.11 Å². The summed E-state index contributed by atoms with van der Waals surface area (Å²) in [6.07, 6.45) is -1.84. The number of carboxylic acid groups (broad SMARTS) is 1. The molecule has 0 saturated heterocycles. The maximum absolute atomic E-state index is 11.0. The Morgan fingerprint density at radius 2 is 2.06 bits per heavy atom. The fourth-order valence-corrected chi connectivity index (χ4v) is 1.47. The first-order valence-electron chi connectivity index (χ1n) is 4.03. The number of halogens is 3. The van der Waals surface area contributed by atoms with Gasteiger partial charge in [0.2, 0.25) is 0 Å². The van der Waals surface area contributed by atoms with E-state index in [2.05, 4.69) is 4.98 Å². The van der Waals surface area contributed by atoms with Gasteiger partial charge >= 0.3 is 12.1 Å². The highest BCUT2D eigenvalue weighted by atomic mass is 32.1. The topological polar surface area (TPSA) is 71.7 Å². The summed E-state index contributed by atoms with van der Waals surface area (Å²) in [6, 6.07) is 1.44. The molecule has 9 heteroatoms. The van der Waals surface area contributed by atoms with Gasteiger partial charge in [-0.3, -0.25) is 9.20 Å². The molecule has 2 heterocycles. The number of nitrogens with zero attached hydrogens (tertiary/aromatic N) is 2. The van der Waals surface area contributed by atoms with E-state index in [0.717, 1.165) is 4.96 Å². The zero-order valence-corrected chi connectivity index (χ0v) is 8.83. The van der Waals surface area contributed by atoms with Crippen LogP contribution >= 0.6 is 11.3 Å². The molecule has 2 aromatic heterocycles. The highest BCUT2D eigenvalue weighted by Crippen LogP contribution is 2.13. The van der Waals surface area contributed by atoms with E-state index in [0.29, 0.717) is 0 Å². The Morgan fingerprint density at radius 3 is 2.53 bits per heavy atom. The Kier molecular flexibility index (Phi) is 3.84. The normalized spacial score (nSPS) is 10.8. The predicted molar refractivity (Wildman–Crippen MR) is 53.0 cm³/mol. The zero-order chi connectivity index (χ0) is 13.1. The average molecular weight is 266 g/mol. The van der Waals surface area contributed by atoms with Gasteiger partial charge in [0.05, 0.1) is 0 Å². The first kappa shape index (κ1) is 13.2. The summed E-state index contributed by atoms with van der Waals surface area (Å²) in [6.45, 7) is 0. The third-order valence-corrected chi connectivity index (χ3v) is 2.24. The van der Waals surface area contributed by atoms with Gasteiger partial charge in [-0.15, -0.1) is 11.3 Å². The summed E-state index contributed by atoms with van der Waals surface area (Å²) >= 11 is 1.45. The number of aliphatic carboxylic acids is 1. The van der Waals surface area contributed by atoms with Crippen LogP contribution in [0.1, 0.15) is 0 Å². The van der Waals surface area contributed by atoms with Gasteiger partial charge in [0.15, 0.2) is 4.96 Å². The van der Waals surface area contributed by atoms with Crippen LogP contribution in [0.5, 0.6) is 0 Å². The molecule has 0 aliphatic rings. The Labute approximate surface area is 95.8 Å². The molecule has 0 aliphatic carbocycles. The van der Waals surface area contributed by atoms with Crippen molar-refractivity contribution in [2.24, 2.45) is 0 Å². The van der Waals surface area contributed by atoms with Crippen LogP contribution in [0, 0.1) is 0 Å². The van der Waals surface area contributed by atoms with Crippen LogP contribution in [0.25, 0.3) is 4.96 Å². The number of hydrogen-bond acceptors (Lipinski definition) is 4. The van der Waals surface area contributed by atoms with E-state index in [1.807, 2.05) is 5.38 Å². The quantitative estimate of drug-likeness (QED) is 0.782. The summed E-state index contributed by atoms with van der Waals surface area (Å²) in [5.41, 5.74) is -0.0220. The van der Waals surface area contributed by atoms with Gasteiger partial charge in [-0.25, -0.2) is 9.78 Å². The zero-order valence-electron chi connectivity index (χ0n) is 8.01. The van der Waals surface area contributed by atoms with Crippen LogP contribution in [-0.2, 0) is 4.79 Å². The number of alkyl halides is 3. The third kappa shape index (κ3) is 3.55. The Balaban J connectivity index is 0.000000185. The number of carbonyl (C=O) groups is 1. The van der Waals surface area contributed by atoms with Crippen molar-refractivity contribution in [3.63, 3.8) is 0 Å². The Morgan fingerprint density at radius 1 is 1.47 bits per heavy atom. The molecule has 0 bridgehead atoms. The van der Waals surface area contributed by atoms with Crippen LogP contribution in [0.15, 0.2) is 28.6 Å². The van der Waals surface area contributed by atoms with Crippen molar-refractivity contribution in [2.75, 3.05) is 0 Å². The fourth-order valence-electron chi connectivity index (χ4n) is 0.778. The molecule has 17 heavy (non-hydrogen) atoms. The summed E-state index contributed by atoms with van der Waals surface area (Å²) in [5, 5.41) is 8.96. The Bertz CT molecular complexity index is 575. The minimum absolute atomic E-state index is 0.0220. The van der Waals surface area contributed by atoms with Crippen LogP contribution in [0.3, 0.4) is 0 Å². The molecule has 2 aromatic rings. The molecule has 0 spiro atoms. The van der Waals surface area contributed by atoms with Crippen LogP contribution in [-0.4, -0.2) is 26.6 Å². The van der Waals surface area contributed by atoms with Gasteiger partial charge in [-0.1, -0.05) is 0 Å². The molecule has 0 radical (unpaired) electrons. The molecule has 0 unspecified atom stereocenters. The predicted octanol–water partition coefficient (Wildman–Crippen LogP) is 1.39. The van der Waals surface area contributed by atoms with Crippen LogP contribution < -0.4 is 5.56 Å². The maximum Gasteiger partial charge on any atom is 0.490 e. The van der Waals surface area contributed by atoms with Gasteiger partial charge in [0, 0.05) is 23.8 Å². The van der Waals surface area contributed by atoms with E-state index in [1.165, 1.54) is 28.0 Å². The molecule has 1 N–H and O–H groups in total. The van der Waals surface area contributed by atoms with Crippen molar-refractivity contribution in [2.45, 2.75) is 6.18 Å². The summed E-state index contributed by atoms with van der Waals surface area (Å²) in [4.78, 5) is 24.6. The Hall–Kier alpha value is -1.90. The molecular formula is C8H5F3N2O3S. The lowest BCUT2D eigenvalue weighted by molar-refractivity contribution is -0.192. The minimum Gasteiger partial charge on any atom is -0.475 e. The first-order valence-corrected chi connectivity index (χ1v) is 4.91. The maximum atomic E-state index is 11.0. The lowest BCUT2D eigenvalue weighted by atomic mass is 10.6. The lowest BCUT2D eigenvalue weighted by Crippen LogP contribution is -2.21. The molecule has 0 amide bonds. The second-order valence-electron chi connectivity index (χ2n) is 2.64. The summed E-state index contributed by atoms with van der Waals surface area (Å²) in [7, 11) is 0. The van der Waals surface area contributed by atoms with Crippen molar-refractivity contribution in [3.05, 3.63) is 34.2 Å².